The highest BCUT2D eigenvalue weighted by Gasteiger charge is 2.19. The Labute approximate surface area is 68.8 Å². The van der Waals surface area contributed by atoms with Crippen LogP contribution in [-0.4, -0.2) is 46.5 Å². The highest BCUT2D eigenvalue weighted by atomic mass is 16.4. The molecule has 0 bridgehead atoms. The van der Waals surface area contributed by atoms with Gasteiger partial charge in [-0.1, -0.05) is 0 Å². The summed E-state index contributed by atoms with van der Waals surface area (Å²) in [5, 5.41) is 27.4. The zero-order valence-electron chi connectivity index (χ0n) is 6.36. The molecule has 0 saturated heterocycles. The van der Waals surface area contributed by atoms with Gasteiger partial charge in [0.15, 0.2) is 0 Å². The predicted octanol–water partition coefficient (Wildman–Crippen LogP) is -1.50. The van der Waals surface area contributed by atoms with E-state index in [0.717, 1.165) is 0 Å². The second-order valence-electron chi connectivity index (χ2n) is 2.17. The molecule has 4 N–H and O–H groups in total. The molecule has 0 radical (unpaired) electrons. The van der Waals surface area contributed by atoms with Gasteiger partial charge < -0.3 is 20.6 Å². The zero-order chi connectivity index (χ0) is 9.56. The van der Waals surface area contributed by atoms with E-state index in [0.29, 0.717) is 0 Å². The summed E-state index contributed by atoms with van der Waals surface area (Å²) in [4.78, 5) is 20.4. The van der Waals surface area contributed by atoms with Gasteiger partial charge in [0.1, 0.15) is 6.04 Å². The fourth-order valence-electron chi connectivity index (χ4n) is 0.660. The molecule has 0 aromatic rings. The van der Waals surface area contributed by atoms with Crippen molar-refractivity contribution in [3.63, 3.8) is 0 Å². The van der Waals surface area contributed by atoms with Crippen LogP contribution in [0.15, 0.2) is 0 Å². The number of aliphatic hydroxyl groups is 1. The molecular formula is C6H11NO5. The summed E-state index contributed by atoms with van der Waals surface area (Å²) < 4.78 is 0. The molecule has 0 heterocycles. The van der Waals surface area contributed by atoms with E-state index in [1.165, 1.54) is 0 Å². The van der Waals surface area contributed by atoms with Crippen LogP contribution in [0.25, 0.3) is 0 Å². The van der Waals surface area contributed by atoms with Crippen molar-refractivity contribution in [3.8, 4) is 0 Å². The molecule has 0 rings (SSSR count). The Balaban J connectivity index is 3.87. The number of hydrogen-bond donors (Lipinski definition) is 4. The van der Waals surface area contributed by atoms with Gasteiger partial charge in [-0.2, -0.15) is 0 Å². The summed E-state index contributed by atoms with van der Waals surface area (Å²) in [5.74, 6) is -2.42. The standard InChI is InChI=1S/C6H11NO5/c8-2-1-7-4(6(11)12)3-5(9)10/h4,7-8H,1-3H2,(H,9,10)(H,11,12)/t4-/m1/s1. The molecule has 0 aromatic heterocycles. The van der Waals surface area contributed by atoms with Gasteiger partial charge in [-0.05, 0) is 0 Å². The molecule has 0 spiro atoms. The lowest BCUT2D eigenvalue weighted by Crippen LogP contribution is -2.39. The van der Waals surface area contributed by atoms with Crippen molar-refractivity contribution < 1.29 is 24.9 Å². The van der Waals surface area contributed by atoms with Crippen molar-refractivity contribution in [2.75, 3.05) is 13.2 Å². The van der Waals surface area contributed by atoms with Crippen LogP contribution in [0.2, 0.25) is 0 Å². The average Bonchev–Trinajstić information content (AvgIpc) is 1.96. The number of aliphatic carboxylic acids is 2. The number of carboxylic acids is 2. The van der Waals surface area contributed by atoms with Gasteiger partial charge in [-0.25, -0.2) is 0 Å². The van der Waals surface area contributed by atoms with Crippen molar-refractivity contribution in [2.45, 2.75) is 12.5 Å². The SMILES string of the molecule is O=C(O)C[C@@H](NCCO)C(=O)O. The van der Waals surface area contributed by atoms with E-state index < -0.39 is 24.4 Å². The minimum absolute atomic E-state index is 0.0737. The van der Waals surface area contributed by atoms with Crippen LogP contribution in [0.4, 0.5) is 0 Å². The largest absolute Gasteiger partial charge is 0.481 e. The second kappa shape index (κ2) is 5.50. The third kappa shape index (κ3) is 4.64. The number of nitrogens with one attached hydrogen (secondary N) is 1. The molecule has 1 atom stereocenters. The van der Waals surface area contributed by atoms with E-state index in [-0.39, 0.29) is 13.2 Å². The van der Waals surface area contributed by atoms with Gasteiger partial charge >= 0.3 is 11.9 Å². The Bertz CT molecular complexity index is 169. The lowest BCUT2D eigenvalue weighted by Gasteiger charge is -2.10. The van der Waals surface area contributed by atoms with E-state index in [1.807, 2.05) is 0 Å². The summed E-state index contributed by atoms with van der Waals surface area (Å²) >= 11 is 0. The monoisotopic (exact) mass is 177 g/mol. The fraction of sp³-hybridized carbons (Fsp3) is 0.667. The van der Waals surface area contributed by atoms with Crippen LogP contribution in [0.3, 0.4) is 0 Å². The van der Waals surface area contributed by atoms with Crippen LogP contribution in [-0.2, 0) is 9.59 Å². The van der Waals surface area contributed by atoms with E-state index in [9.17, 15) is 9.59 Å². The molecular weight excluding hydrogens is 166 g/mol. The molecule has 0 aromatic carbocycles. The van der Waals surface area contributed by atoms with Crippen molar-refractivity contribution in [3.05, 3.63) is 0 Å². The number of carbonyl (C=O) groups is 2. The Hall–Kier alpha value is -1.14. The predicted molar refractivity (Wildman–Crippen MR) is 38.8 cm³/mol. The smallest absolute Gasteiger partial charge is 0.321 e. The zero-order valence-corrected chi connectivity index (χ0v) is 6.36. The Morgan fingerprint density at radius 2 is 1.92 bits per heavy atom. The molecule has 0 fully saturated rings. The summed E-state index contributed by atoms with van der Waals surface area (Å²) in [6.45, 7) is -0.145. The first kappa shape index (κ1) is 10.9. The quantitative estimate of drug-likeness (QED) is 0.393. The Morgan fingerprint density at radius 1 is 1.33 bits per heavy atom. The molecule has 0 amide bonds. The minimum atomic E-state index is -1.23. The fourth-order valence-corrected chi connectivity index (χ4v) is 0.660. The Kier molecular flexibility index (Phi) is 4.98. The number of rotatable bonds is 6. The van der Waals surface area contributed by atoms with Crippen molar-refractivity contribution in [2.24, 2.45) is 0 Å². The van der Waals surface area contributed by atoms with Gasteiger partial charge in [0.05, 0.1) is 13.0 Å². The van der Waals surface area contributed by atoms with Gasteiger partial charge in [0.2, 0.25) is 0 Å². The maximum absolute atomic E-state index is 10.3. The van der Waals surface area contributed by atoms with Gasteiger partial charge in [0.25, 0.3) is 0 Å². The van der Waals surface area contributed by atoms with E-state index in [2.05, 4.69) is 5.32 Å². The van der Waals surface area contributed by atoms with Gasteiger partial charge in [-0.3, -0.25) is 9.59 Å². The lowest BCUT2D eigenvalue weighted by molar-refractivity contribution is -0.146. The number of hydrogen-bond acceptors (Lipinski definition) is 4. The van der Waals surface area contributed by atoms with Crippen LogP contribution >= 0.6 is 0 Å². The second-order valence-corrected chi connectivity index (χ2v) is 2.17. The molecule has 0 aliphatic rings. The highest BCUT2D eigenvalue weighted by molar-refractivity contribution is 5.80. The first-order valence-corrected chi connectivity index (χ1v) is 3.36. The van der Waals surface area contributed by atoms with Crippen LogP contribution < -0.4 is 5.32 Å². The molecule has 6 heteroatoms. The third-order valence-electron chi connectivity index (χ3n) is 1.18. The van der Waals surface area contributed by atoms with E-state index >= 15 is 0 Å². The summed E-state index contributed by atoms with van der Waals surface area (Å²) in [5.41, 5.74) is 0. The van der Waals surface area contributed by atoms with E-state index in [4.69, 9.17) is 15.3 Å². The lowest BCUT2D eigenvalue weighted by atomic mass is 10.2. The molecule has 0 aliphatic heterocycles. The highest BCUT2D eigenvalue weighted by Crippen LogP contribution is 1.91. The molecule has 6 nitrogen and oxygen atoms in total. The first-order valence-electron chi connectivity index (χ1n) is 3.36. The van der Waals surface area contributed by atoms with Gasteiger partial charge in [0, 0.05) is 6.54 Å². The maximum atomic E-state index is 10.3. The topological polar surface area (TPSA) is 107 Å². The molecule has 70 valence electrons. The van der Waals surface area contributed by atoms with Crippen molar-refractivity contribution >= 4 is 11.9 Å². The van der Waals surface area contributed by atoms with Crippen molar-refractivity contribution in [1.82, 2.24) is 5.32 Å². The first-order chi connectivity index (χ1) is 5.57. The molecule has 0 saturated carbocycles. The summed E-state index contributed by atoms with van der Waals surface area (Å²) in [6.07, 6.45) is -0.491. The molecule has 0 aliphatic carbocycles. The summed E-state index contributed by atoms with van der Waals surface area (Å²) in [7, 11) is 0. The van der Waals surface area contributed by atoms with Gasteiger partial charge in [-0.15, -0.1) is 0 Å². The van der Waals surface area contributed by atoms with Crippen LogP contribution in [0.1, 0.15) is 6.42 Å². The van der Waals surface area contributed by atoms with Crippen molar-refractivity contribution in [1.29, 1.82) is 0 Å². The Morgan fingerprint density at radius 3 is 2.25 bits per heavy atom. The van der Waals surface area contributed by atoms with Crippen LogP contribution in [0.5, 0.6) is 0 Å². The van der Waals surface area contributed by atoms with Crippen LogP contribution in [0, 0.1) is 0 Å². The minimum Gasteiger partial charge on any atom is -0.481 e. The van der Waals surface area contributed by atoms with E-state index in [1.54, 1.807) is 0 Å². The number of aliphatic hydroxyl groups excluding tert-OH is 1. The summed E-state index contributed by atoms with van der Waals surface area (Å²) in [6, 6.07) is -1.13. The third-order valence-corrected chi connectivity index (χ3v) is 1.18. The maximum Gasteiger partial charge on any atom is 0.321 e. The molecule has 0 unspecified atom stereocenters. The average molecular weight is 177 g/mol. The normalized spacial score (nSPS) is 12.4. The number of carboxylic acid groups (broad SMARTS) is 2. The molecule has 12 heavy (non-hydrogen) atoms.